The highest BCUT2D eigenvalue weighted by Crippen LogP contribution is 2.13. The van der Waals surface area contributed by atoms with Gasteiger partial charge in [0.15, 0.2) is 0 Å². The van der Waals surface area contributed by atoms with Gasteiger partial charge >= 0.3 is 0 Å². The summed E-state index contributed by atoms with van der Waals surface area (Å²) in [6.07, 6.45) is 4.68. The minimum absolute atomic E-state index is 0.956. The molecule has 0 amide bonds. The van der Waals surface area contributed by atoms with Gasteiger partial charge in [0.1, 0.15) is 11.2 Å². The second kappa shape index (κ2) is 20.1. The number of furan rings is 2. The van der Waals surface area contributed by atoms with Crippen molar-refractivity contribution >= 4 is 21.9 Å². The zero-order valence-electron chi connectivity index (χ0n) is 22.2. The van der Waals surface area contributed by atoms with Gasteiger partial charge in [-0.2, -0.15) is 0 Å². The van der Waals surface area contributed by atoms with Gasteiger partial charge in [-0.1, -0.05) is 77.9 Å². The number of fused-ring (bicyclic) bond motifs is 2. The van der Waals surface area contributed by atoms with E-state index in [0.29, 0.717) is 0 Å². The summed E-state index contributed by atoms with van der Waals surface area (Å²) in [5.74, 6) is 0. The Morgan fingerprint density at radius 1 is 0.576 bits per heavy atom. The first-order chi connectivity index (χ1) is 16.1. The van der Waals surface area contributed by atoms with Crippen molar-refractivity contribution in [2.24, 2.45) is 0 Å². The molecule has 184 valence electrons. The predicted octanol–water partition coefficient (Wildman–Crippen LogP) is 8.20. The Hall–Kier alpha value is -2.56. The molecule has 0 spiro atoms. The van der Waals surface area contributed by atoms with E-state index in [1.54, 1.807) is 12.5 Å². The monoisotopic (exact) mass is 454 g/mol. The molecule has 0 radical (unpaired) electrons. The first-order valence-corrected chi connectivity index (χ1v) is 12.4. The number of hydrogen-bond acceptors (Lipinski definition) is 4. The predicted molar refractivity (Wildman–Crippen MR) is 146 cm³/mol. The van der Waals surface area contributed by atoms with E-state index in [1.807, 2.05) is 88.4 Å². The summed E-state index contributed by atoms with van der Waals surface area (Å²) in [4.78, 5) is 4.70. The first kappa shape index (κ1) is 30.4. The zero-order chi connectivity index (χ0) is 24.9. The van der Waals surface area contributed by atoms with Gasteiger partial charge in [-0.05, 0) is 71.0 Å². The lowest BCUT2D eigenvalue weighted by atomic mass is 10.3. The van der Waals surface area contributed by atoms with Crippen molar-refractivity contribution in [3.8, 4) is 0 Å². The second-order valence-corrected chi connectivity index (χ2v) is 7.06. The van der Waals surface area contributed by atoms with Crippen LogP contribution in [-0.4, -0.2) is 50.1 Å². The van der Waals surface area contributed by atoms with Crippen LogP contribution in [0.1, 0.15) is 48.0 Å². The van der Waals surface area contributed by atoms with Crippen LogP contribution >= 0.6 is 0 Å². The highest BCUT2D eigenvalue weighted by molar-refractivity contribution is 5.77. The maximum absolute atomic E-state index is 5.12. The molecule has 0 atom stereocenters. The van der Waals surface area contributed by atoms with Crippen molar-refractivity contribution in [3.05, 3.63) is 73.2 Å². The Balaban J connectivity index is 0.000000433. The minimum Gasteiger partial charge on any atom is -0.464 e. The van der Waals surface area contributed by atoms with E-state index in [9.17, 15) is 0 Å². The minimum atomic E-state index is 0.956. The first-order valence-electron chi connectivity index (χ1n) is 12.4. The number of rotatable bonds is 6. The third kappa shape index (κ3) is 12.9. The summed E-state index contributed by atoms with van der Waals surface area (Å²) >= 11 is 0. The highest BCUT2D eigenvalue weighted by atomic mass is 16.3. The average Bonchev–Trinajstić information content (AvgIpc) is 3.56. The van der Waals surface area contributed by atoms with Crippen LogP contribution in [0.3, 0.4) is 0 Å². The second-order valence-electron chi connectivity index (χ2n) is 7.06. The lowest BCUT2D eigenvalue weighted by Gasteiger charge is -2.17. The molecule has 0 saturated heterocycles. The van der Waals surface area contributed by atoms with Crippen LogP contribution in [0.4, 0.5) is 0 Å². The van der Waals surface area contributed by atoms with Crippen LogP contribution in [0.5, 0.6) is 0 Å². The fourth-order valence-corrected chi connectivity index (χ4v) is 2.74. The van der Waals surface area contributed by atoms with Gasteiger partial charge in [-0.15, -0.1) is 0 Å². The van der Waals surface area contributed by atoms with Crippen LogP contribution in [0, 0.1) is 0 Å². The molecule has 33 heavy (non-hydrogen) atoms. The van der Waals surface area contributed by atoms with Gasteiger partial charge in [-0.25, -0.2) is 0 Å². The van der Waals surface area contributed by atoms with Gasteiger partial charge in [0.05, 0.1) is 12.5 Å². The van der Waals surface area contributed by atoms with E-state index in [-0.39, 0.29) is 0 Å². The molecule has 4 nitrogen and oxygen atoms in total. The standard InChI is InChI=1S/C9H22N2.2C8H6O.2C2H6/c1-5-10(3)8-7-9-11(4)6-2;2*1-2-4-8-7(3-1)5-6-9-8;2*1-2/h5-9H2,1-4H3;2*1-6H;2*1-2H3. The molecule has 0 bridgehead atoms. The topological polar surface area (TPSA) is 32.8 Å². The van der Waals surface area contributed by atoms with E-state index in [2.05, 4.69) is 37.7 Å². The molecule has 0 unspecified atom stereocenters. The van der Waals surface area contributed by atoms with Gasteiger partial charge in [0.25, 0.3) is 0 Å². The van der Waals surface area contributed by atoms with E-state index in [0.717, 1.165) is 35.0 Å². The van der Waals surface area contributed by atoms with Crippen molar-refractivity contribution in [3.63, 3.8) is 0 Å². The molecule has 0 saturated carbocycles. The molecule has 4 aromatic rings. The molecule has 2 aromatic heterocycles. The fraction of sp³-hybridized carbons (Fsp3) is 0.448. The Kier molecular flexibility index (Phi) is 18.5. The van der Waals surface area contributed by atoms with Crippen LogP contribution in [-0.2, 0) is 0 Å². The molecule has 0 aliphatic heterocycles. The quantitative estimate of drug-likeness (QED) is 0.294. The van der Waals surface area contributed by atoms with Crippen LogP contribution < -0.4 is 0 Å². The van der Waals surface area contributed by atoms with Crippen molar-refractivity contribution in [2.45, 2.75) is 48.0 Å². The number of nitrogens with zero attached hydrogens (tertiary/aromatic N) is 2. The summed E-state index contributed by atoms with van der Waals surface area (Å²) in [6, 6.07) is 19.8. The molecule has 4 rings (SSSR count). The third-order valence-corrected chi connectivity index (χ3v) is 4.88. The Labute approximate surface area is 202 Å². The highest BCUT2D eigenvalue weighted by Gasteiger charge is 1.96. The lowest BCUT2D eigenvalue weighted by Crippen LogP contribution is -2.25. The van der Waals surface area contributed by atoms with Crippen LogP contribution in [0.15, 0.2) is 82.0 Å². The Morgan fingerprint density at radius 2 is 0.939 bits per heavy atom. The summed E-state index contributed by atoms with van der Waals surface area (Å²) < 4.78 is 10.2. The van der Waals surface area contributed by atoms with Crippen molar-refractivity contribution in [1.82, 2.24) is 9.80 Å². The molecule has 2 heterocycles. The maximum atomic E-state index is 5.12. The Morgan fingerprint density at radius 3 is 1.27 bits per heavy atom. The van der Waals surface area contributed by atoms with Gasteiger partial charge in [-0.3, -0.25) is 0 Å². The maximum Gasteiger partial charge on any atom is 0.133 e. The van der Waals surface area contributed by atoms with Gasteiger partial charge in [0, 0.05) is 10.8 Å². The fourth-order valence-electron chi connectivity index (χ4n) is 2.74. The summed E-state index contributed by atoms with van der Waals surface area (Å²) in [5.41, 5.74) is 1.91. The smallest absolute Gasteiger partial charge is 0.133 e. The number of benzene rings is 2. The molecular formula is C29H46N2O2. The molecule has 0 aliphatic rings. The van der Waals surface area contributed by atoms with Crippen LogP contribution in [0.2, 0.25) is 0 Å². The average molecular weight is 455 g/mol. The lowest BCUT2D eigenvalue weighted by molar-refractivity contribution is 0.293. The van der Waals surface area contributed by atoms with E-state index in [4.69, 9.17) is 8.83 Å². The van der Waals surface area contributed by atoms with Crippen molar-refractivity contribution in [1.29, 1.82) is 0 Å². The largest absolute Gasteiger partial charge is 0.464 e. The molecule has 0 aliphatic carbocycles. The van der Waals surface area contributed by atoms with Gasteiger partial charge < -0.3 is 18.6 Å². The summed E-state index contributed by atoms with van der Waals surface area (Å²) in [6.45, 7) is 17.2. The number of hydrogen-bond donors (Lipinski definition) is 0. The van der Waals surface area contributed by atoms with E-state index in [1.165, 1.54) is 19.5 Å². The molecule has 4 heteroatoms. The van der Waals surface area contributed by atoms with Crippen molar-refractivity contribution < 1.29 is 8.83 Å². The van der Waals surface area contributed by atoms with E-state index < -0.39 is 0 Å². The molecular weight excluding hydrogens is 408 g/mol. The zero-order valence-corrected chi connectivity index (χ0v) is 22.2. The Bertz CT molecular complexity index is 793. The summed E-state index contributed by atoms with van der Waals surface area (Å²) in [5, 5.41) is 2.33. The SMILES string of the molecule is CC.CC.CCN(C)CCCN(C)CC.c1ccc2occc2c1.c1ccc2occc2c1. The van der Waals surface area contributed by atoms with E-state index >= 15 is 0 Å². The molecule has 0 fully saturated rings. The molecule has 2 aromatic carbocycles. The molecule has 0 N–H and O–H groups in total. The number of para-hydroxylation sites is 2. The third-order valence-electron chi connectivity index (χ3n) is 4.88. The van der Waals surface area contributed by atoms with Crippen molar-refractivity contribution in [2.75, 3.05) is 40.3 Å². The summed E-state index contributed by atoms with van der Waals surface area (Å²) in [7, 11) is 4.35. The van der Waals surface area contributed by atoms with Gasteiger partial charge in [0.2, 0.25) is 0 Å². The van der Waals surface area contributed by atoms with Crippen LogP contribution in [0.25, 0.3) is 21.9 Å². The normalized spacial score (nSPS) is 9.76.